The van der Waals surface area contributed by atoms with Crippen LogP contribution in [0.1, 0.15) is 102 Å². The fourth-order valence-corrected chi connectivity index (χ4v) is 8.17. The number of carbonyl (C=O) groups excluding carboxylic acids is 2. The number of hydrogen-bond acceptors (Lipinski definition) is 5. The average Bonchev–Trinajstić information content (AvgIpc) is 3.40. The van der Waals surface area contributed by atoms with E-state index in [1.807, 2.05) is 89.5 Å². The lowest BCUT2D eigenvalue weighted by Gasteiger charge is -2.47. The zero-order chi connectivity index (χ0) is 39.5. The van der Waals surface area contributed by atoms with Gasteiger partial charge in [-0.3, -0.25) is 19.7 Å². The third kappa shape index (κ3) is 8.13. The Morgan fingerprint density at radius 1 is 0.909 bits per heavy atom. The molecule has 0 aliphatic carbocycles. The highest BCUT2D eigenvalue weighted by molar-refractivity contribution is 6.30. The Balaban J connectivity index is 1.38. The molecule has 3 aromatic carbocycles. The first kappa shape index (κ1) is 40.3. The molecular formula is C45H53Cl2N5O3. The second-order valence-electron chi connectivity index (χ2n) is 16.1. The zero-order valence-corrected chi connectivity index (χ0v) is 34.6. The molecule has 0 radical (unpaired) electrons. The van der Waals surface area contributed by atoms with Crippen LogP contribution < -0.4 is 10.1 Å². The highest BCUT2D eigenvalue weighted by Crippen LogP contribution is 2.54. The quantitative estimate of drug-likeness (QED) is 0.174. The Morgan fingerprint density at radius 2 is 1.53 bits per heavy atom. The number of halogens is 2. The van der Waals surface area contributed by atoms with Crippen LogP contribution in [-0.2, 0) is 27.7 Å². The standard InChI is InChI=1S/C45H53Cl2N5O3/c1-8-12-31-13-10-11-14-37(31)49-40(53)27-30-23-25-51(26-24-30)42(54)52-41(36-29-48-39(43(3,4)5)28-38(36)55-9-2)50-44(6,32-15-19-34(46)20-16-32)45(52,7)33-17-21-35(47)22-18-33/h10-11,13-22,28-30H,8-9,12,23-27H2,1-7H3,(H,49,53)/t44-,45+/m0/s1. The molecule has 10 heteroatoms. The lowest BCUT2D eigenvalue weighted by atomic mass is 9.71. The number of amidine groups is 1. The SMILES string of the molecule is CCCc1ccccc1NC(=O)CC1CCN(C(=O)N2C(c3cnc(C(C)(C)C)cc3OCC)=N[C@@](C)(c3ccc(Cl)cc3)[C@@]2(C)c2ccc(Cl)cc2)CC1. The minimum Gasteiger partial charge on any atom is -0.493 e. The fourth-order valence-electron chi connectivity index (χ4n) is 7.92. The van der Waals surface area contributed by atoms with Crippen molar-refractivity contribution < 1.29 is 14.3 Å². The third-order valence-corrected chi connectivity index (χ3v) is 11.8. The number of piperidine rings is 1. The number of hydrogen-bond donors (Lipinski definition) is 1. The van der Waals surface area contributed by atoms with E-state index in [2.05, 4.69) is 52.9 Å². The second-order valence-corrected chi connectivity index (χ2v) is 16.9. The van der Waals surface area contributed by atoms with Crippen LogP contribution in [0.3, 0.4) is 0 Å². The number of aliphatic imine (C=N–C) groups is 1. The van der Waals surface area contributed by atoms with E-state index in [1.165, 1.54) is 0 Å². The summed E-state index contributed by atoms with van der Waals surface area (Å²) in [6.07, 6.45) is 5.52. The molecule has 55 heavy (non-hydrogen) atoms. The van der Waals surface area contributed by atoms with Crippen LogP contribution in [0.4, 0.5) is 10.5 Å². The molecule has 2 atom stereocenters. The topological polar surface area (TPSA) is 87.1 Å². The number of nitrogens with zero attached hydrogens (tertiary/aromatic N) is 4. The minimum atomic E-state index is -1.04. The summed E-state index contributed by atoms with van der Waals surface area (Å²) in [6, 6.07) is 25.1. The number of anilines is 1. The summed E-state index contributed by atoms with van der Waals surface area (Å²) in [4.78, 5) is 42.8. The fraction of sp³-hybridized carbons (Fsp3) is 0.422. The van der Waals surface area contributed by atoms with Gasteiger partial charge in [-0.2, -0.15) is 0 Å². The van der Waals surface area contributed by atoms with Crippen LogP contribution in [0, 0.1) is 5.92 Å². The number of rotatable bonds is 10. The predicted octanol–water partition coefficient (Wildman–Crippen LogP) is 10.8. The number of carbonyl (C=O) groups is 2. The Labute approximate surface area is 336 Å². The van der Waals surface area contributed by atoms with Crippen molar-refractivity contribution in [3.05, 3.63) is 123 Å². The predicted molar refractivity (Wildman–Crippen MR) is 223 cm³/mol. The molecule has 0 bridgehead atoms. The number of para-hydroxylation sites is 1. The summed E-state index contributed by atoms with van der Waals surface area (Å²) in [7, 11) is 0. The first-order valence-corrected chi connectivity index (χ1v) is 20.2. The van der Waals surface area contributed by atoms with E-state index in [4.69, 9.17) is 37.9 Å². The summed E-state index contributed by atoms with van der Waals surface area (Å²) < 4.78 is 6.31. The van der Waals surface area contributed by atoms with Gasteiger partial charge in [0.15, 0.2) is 0 Å². The van der Waals surface area contributed by atoms with Gasteiger partial charge in [-0.15, -0.1) is 0 Å². The first-order chi connectivity index (χ1) is 26.2. The molecule has 290 valence electrons. The molecule has 1 saturated heterocycles. The molecule has 1 aromatic heterocycles. The number of likely N-dealkylation sites (tertiary alicyclic amines) is 1. The molecule has 8 nitrogen and oxygen atoms in total. The largest absolute Gasteiger partial charge is 0.493 e. The van der Waals surface area contributed by atoms with E-state index in [0.717, 1.165) is 40.9 Å². The van der Waals surface area contributed by atoms with Crippen molar-refractivity contribution in [1.29, 1.82) is 0 Å². The van der Waals surface area contributed by atoms with Crippen molar-refractivity contribution in [2.75, 3.05) is 25.0 Å². The van der Waals surface area contributed by atoms with E-state index >= 15 is 4.79 Å². The van der Waals surface area contributed by atoms with Gasteiger partial charge in [-0.25, -0.2) is 4.79 Å². The normalized spacial score (nSPS) is 20.3. The van der Waals surface area contributed by atoms with Crippen LogP contribution in [0.15, 0.2) is 90.1 Å². The minimum absolute atomic E-state index is 0.00555. The van der Waals surface area contributed by atoms with Gasteiger partial charge in [-0.1, -0.05) is 99.8 Å². The number of nitrogens with one attached hydrogen (secondary N) is 1. The molecule has 0 unspecified atom stereocenters. The van der Waals surface area contributed by atoms with Crippen molar-refractivity contribution in [3.63, 3.8) is 0 Å². The van der Waals surface area contributed by atoms with Crippen molar-refractivity contribution in [2.24, 2.45) is 10.9 Å². The molecule has 2 aliphatic heterocycles. The summed E-state index contributed by atoms with van der Waals surface area (Å²) in [5, 5.41) is 4.36. The van der Waals surface area contributed by atoms with E-state index in [1.54, 1.807) is 6.20 Å². The lowest BCUT2D eigenvalue weighted by molar-refractivity contribution is -0.117. The average molecular weight is 783 g/mol. The maximum Gasteiger partial charge on any atom is 0.326 e. The summed E-state index contributed by atoms with van der Waals surface area (Å²) in [5.41, 5.74) is 3.05. The zero-order valence-electron chi connectivity index (χ0n) is 33.1. The maximum absolute atomic E-state index is 15.4. The van der Waals surface area contributed by atoms with Crippen LogP contribution in [0.2, 0.25) is 10.0 Å². The van der Waals surface area contributed by atoms with Crippen molar-refractivity contribution in [3.8, 4) is 5.75 Å². The molecule has 3 heterocycles. The molecule has 0 spiro atoms. The maximum atomic E-state index is 15.4. The van der Waals surface area contributed by atoms with Crippen LogP contribution >= 0.6 is 23.2 Å². The highest BCUT2D eigenvalue weighted by Gasteiger charge is 2.60. The highest BCUT2D eigenvalue weighted by atomic mass is 35.5. The molecule has 0 saturated carbocycles. The van der Waals surface area contributed by atoms with Gasteiger partial charge >= 0.3 is 6.03 Å². The van der Waals surface area contributed by atoms with Gasteiger partial charge < -0.3 is 15.0 Å². The number of benzene rings is 3. The number of ether oxygens (including phenoxy) is 1. The van der Waals surface area contributed by atoms with Crippen molar-refractivity contribution >= 4 is 46.7 Å². The Kier molecular flexibility index (Phi) is 12.0. The van der Waals surface area contributed by atoms with Gasteiger partial charge in [0.1, 0.15) is 22.7 Å². The molecule has 2 aliphatic rings. The Hall–Kier alpha value is -4.40. The van der Waals surface area contributed by atoms with Crippen LogP contribution in [0.25, 0.3) is 0 Å². The third-order valence-electron chi connectivity index (χ3n) is 11.3. The van der Waals surface area contributed by atoms with E-state index < -0.39 is 11.1 Å². The van der Waals surface area contributed by atoms with Gasteiger partial charge in [0.05, 0.1) is 12.2 Å². The molecular weight excluding hydrogens is 729 g/mol. The Bertz CT molecular complexity index is 2040. The van der Waals surface area contributed by atoms with Gasteiger partial charge in [-0.05, 0) is 93.0 Å². The summed E-state index contributed by atoms with van der Waals surface area (Å²) in [6.45, 7) is 16.0. The van der Waals surface area contributed by atoms with E-state index in [9.17, 15) is 4.79 Å². The molecule has 6 rings (SSSR count). The molecule has 4 aromatic rings. The van der Waals surface area contributed by atoms with E-state index in [-0.39, 0.29) is 23.3 Å². The monoisotopic (exact) mass is 781 g/mol. The Morgan fingerprint density at radius 3 is 2.13 bits per heavy atom. The van der Waals surface area contributed by atoms with Gasteiger partial charge in [0, 0.05) is 58.6 Å². The second kappa shape index (κ2) is 16.4. The summed E-state index contributed by atoms with van der Waals surface area (Å²) >= 11 is 12.9. The number of pyridine rings is 1. The van der Waals surface area contributed by atoms with E-state index in [0.29, 0.717) is 66.2 Å². The molecule has 1 N–H and O–H groups in total. The lowest BCUT2D eigenvalue weighted by Crippen LogP contribution is -2.59. The number of urea groups is 1. The number of aryl methyl sites for hydroxylation is 1. The summed E-state index contributed by atoms with van der Waals surface area (Å²) in [5.74, 6) is 1.24. The van der Waals surface area contributed by atoms with Crippen LogP contribution in [-0.4, -0.2) is 52.3 Å². The van der Waals surface area contributed by atoms with Crippen molar-refractivity contribution in [1.82, 2.24) is 14.8 Å². The molecule has 3 amide bonds. The van der Waals surface area contributed by atoms with Gasteiger partial charge in [0.25, 0.3) is 0 Å². The van der Waals surface area contributed by atoms with Crippen LogP contribution in [0.5, 0.6) is 5.75 Å². The smallest absolute Gasteiger partial charge is 0.326 e. The number of aromatic nitrogens is 1. The number of amides is 3. The first-order valence-electron chi connectivity index (χ1n) is 19.4. The van der Waals surface area contributed by atoms with Crippen molar-refractivity contribution in [2.45, 2.75) is 97.1 Å². The molecule has 1 fully saturated rings. The van der Waals surface area contributed by atoms with Gasteiger partial charge in [0.2, 0.25) is 5.91 Å².